The fraction of sp³-hybridized carbons (Fsp3) is 0.500. The summed E-state index contributed by atoms with van der Waals surface area (Å²) in [5.74, 6) is -2.39. The molecule has 0 amide bonds. The summed E-state index contributed by atoms with van der Waals surface area (Å²) < 4.78 is 39.3. The van der Waals surface area contributed by atoms with Gasteiger partial charge in [-0.2, -0.15) is 0 Å². The maximum atomic E-state index is 13.4. The molecule has 0 bridgehead atoms. The van der Waals surface area contributed by atoms with Crippen molar-refractivity contribution in [3.63, 3.8) is 0 Å². The second-order valence-corrected chi connectivity index (χ2v) is 4.26. The van der Waals surface area contributed by atoms with Gasteiger partial charge in [0.1, 0.15) is 5.82 Å². The van der Waals surface area contributed by atoms with Gasteiger partial charge in [0.2, 0.25) is 0 Å². The number of piperidine rings is 1. The van der Waals surface area contributed by atoms with E-state index in [4.69, 9.17) is 0 Å². The summed E-state index contributed by atoms with van der Waals surface area (Å²) in [7, 11) is 0. The zero-order valence-electron chi connectivity index (χ0n) is 8.90. The van der Waals surface area contributed by atoms with E-state index in [1.807, 2.05) is 0 Å². The highest BCUT2D eigenvalue weighted by Crippen LogP contribution is 2.22. The highest BCUT2D eigenvalue weighted by atomic mass is 19.2. The summed E-state index contributed by atoms with van der Waals surface area (Å²) in [6, 6.07) is 1.68. The third kappa shape index (κ3) is 2.55. The molecule has 0 atom stereocenters. The highest BCUT2D eigenvalue weighted by Gasteiger charge is 2.18. The molecule has 1 N–H and O–H groups in total. The van der Waals surface area contributed by atoms with Crippen LogP contribution in [-0.4, -0.2) is 13.1 Å². The lowest BCUT2D eigenvalue weighted by molar-refractivity contribution is 0.365. The van der Waals surface area contributed by atoms with Gasteiger partial charge in [0, 0.05) is 6.07 Å². The van der Waals surface area contributed by atoms with Crippen LogP contribution in [0.5, 0.6) is 0 Å². The fourth-order valence-corrected chi connectivity index (χ4v) is 2.15. The van der Waals surface area contributed by atoms with Crippen LogP contribution in [0.2, 0.25) is 0 Å². The average Bonchev–Trinajstić information content (AvgIpc) is 2.27. The second kappa shape index (κ2) is 4.87. The molecule has 1 heterocycles. The molecule has 0 saturated carbocycles. The molecule has 0 aliphatic carbocycles. The molecule has 1 nitrogen and oxygen atoms in total. The standard InChI is InChI=1S/C12H14F3N/c13-10-6-9(12(15)11(14)7-10)5-8-1-3-16-4-2-8/h6-8,16H,1-5H2. The van der Waals surface area contributed by atoms with Crippen molar-refractivity contribution in [1.29, 1.82) is 0 Å². The van der Waals surface area contributed by atoms with E-state index >= 15 is 0 Å². The van der Waals surface area contributed by atoms with Gasteiger partial charge in [0.05, 0.1) is 0 Å². The van der Waals surface area contributed by atoms with Crippen molar-refractivity contribution in [3.05, 3.63) is 35.1 Å². The van der Waals surface area contributed by atoms with E-state index in [1.54, 1.807) is 0 Å². The number of nitrogens with one attached hydrogen (secondary N) is 1. The molecule has 88 valence electrons. The minimum atomic E-state index is -1.09. The largest absolute Gasteiger partial charge is 0.317 e. The molecule has 1 aromatic rings. The molecule has 16 heavy (non-hydrogen) atoms. The Kier molecular flexibility index (Phi) is 3.49. The summed E-state index contributed by atoms with van der Waals surface area (Å²) in [6.45, 7) is 1.79. The van der Waals surface area contributed by atoms with Gasteiger partial charge in [-0.05, 0) is 49.9 Å². The van der Waals surface area contributed by atoms with Gasteiger partial charge in [-0.15, -0.1) is 0 Å². The molecule has 1 fully saturated rings. The molecule has 0 aromatic heterocycles. The normalized spacial score (nSPS) is 17.7. The summed E-state index contributed by atoms with van der Waals surface area (Å²) in [5, 5.41) is 3.20. The van der Waals surface area contributed by atoms with Gasteiger partial charge in [-0.1, -0.05) is 0 Å². The lowest BCUT2D eigenvalue weighted by Gasteiger charge is -2.22. The molecule has 1 saturated heterocycles. The number of hydrogen-bond acceptors (Lipinski definition) is 1. The lowest BCUT2D eigenvalue weighted by Crippen LogP contribution is -2.28. The first kappa shape index (κ1) is 11.5. The third-order valence-corrected chi connectivity index (χ3v) is 3.04. The van der Waals surface area contributed by atoms with Gasteiger partial charge >= 0.3 is 0 Å². The van der Waals surface area contributed by atoms with Gasteiger partial charge < -0.3 is 5.32 Å². The Hall–Kier alpha value is -1.03. The number of benzene rings is 1. The van der Waals surface area contributed by atoms with Gasteiger partial charge in [-0.25, -0.2) is 13.2 Å². The van der Waals surface area contributed by atoms with Crippen molar-refractivity contribution in [1.82, 2.24) is 5.32 Å². The van der Waals surface area contributed by atoms with Crippen molar-refractivity contribution in [3.8, 4) is 0 Å². The minimum absolute atomic E-state index is 0.157. The fourth-order valence-electron chi connectivity index (χ4n) is 2.15. The Bertz CT molecular complexity index is 373. The van der Waals surface area contributed by atoms with E-state index in [0.29, 0.717) is 18.4 Å². The van der Waals surface area contributed by atoms with E-state index in [0.717, 1.165) is 32.0 Å². The molecule has 1 aromatic carbocycles. The molecule has 0 radical (unpaired) electrons. The molecule has 1 aliphatic heterocycles. The van der Waals surface area contributed by atoms with Crippen molar-refractivity contribution >= 4 is 0 Å². The molecule has 1 aliphatic rings. The number of hydrogen-bond donors (Lipinski definition) is 1. The lowest BCUT2D eigenvalue weighted by atomic mass is 9.91. The summed E-state index contributed by atoms with van der Waals surface area (Å²) in [5.41, 5.74) is 0.157. The maximum Gasteiger partial charge on any atom is 0.162 e. The first-order valence-corrected chi connectivity index (χ1v) is 5.51. The molecule has 0 spiro atoms. The van der Waals surface area contributed by atoms with Crippen LogP contribution >= 0.6 is 0 Å². The Balaban J connectivity index is 2.13. The zero-order valence-corrected chi connectivity index (χ0v) is 8.90. The van der Waals surface area contributed by atoms with Gasteiger partial charge in [-0.3, -0.25) is 0 Å². The smallest absolute Gasteiger partial charge is 0.162 e. The zero-order chi connectivity index (χ0) is 11.5. The molecule has 2 rings (SSSR count). The molecule has 0 unspecified atom stereocenters. The van der Waals surface area contributed by atoms with Crippen molar-refractivity contribution < 1.29 is 13.2 Å². The quantitative estimate of drug-likeness (QED) is 0.769. The van der Waals surface area contributed by atoms with Crippen LogP contribution in [0.3, 0.4) is 0 Å². The van der Waals surface area contributed by atoms with Crippen LogP contribution in [-0.2, 0) is 6.42 Å². The number of halogens is 3. The second-order valence-electron chi connectivity index (χ2n) is 4.26. The van der Waals surface area contributed by atoms with Crippen molar-refractivity contribution in [2.45, 2.75) is 19.3 Å². The molecular weight excluding hydrogens is 215 g/mol. The van der Waals surface area contributed by atoms with Crippen molar-refractivity contribution in [2.75, 3.05) is 13.1 Å². The Morgan fingerprint density at radius 1 is 1.12 bits per heavy atom. The van der Waals surface area contributed by atoms with Crippen LogP contribution < -0.4 is 5.32 Å². The van der Waals surface area contributed by atoms with Gasteiger partial charge in [0.15, 0.2) is 11.6 Å². The predicted octanol–water partition coefficient (Wildman–Crippen LogP) is 2.65. The first-order valence-electron chi connectivity index (χ1n) is 5.51. The van der Waals surface area contributed by atoms with E-state index < -0.39 is 17.5 Å². The highest BCUT2D eigenvalue weighted by molar-refractivity contribution is 5.21. The SMILES string of the molecule is Fc1cc(F)c(F)c(CC2CCNCC2)c1. The monoisotopic (exact) mass is 229 g/mol. The van der Waals surface area contributed by atoms with Crippen LogP contribution in [0.25, 0.3) is 0 Å². The van der Waals surface area contributed by atoms with Crippen LogP contribution in [0.15, 0.2) is 12.1 Å². The number of rotatable bonds is 2. The topological polar surface area (TPSA) is 12.0 Å². The van der Waals surface area contributed by atoms with Crippen LogP contribution in [0.1, 0.15) is 18.4 Å². The van der Waals surface area contributed by atoms with E-state index in [1.165, 1.54) is 0 Å². The molecule has 4 heteroatoms. The Labute approximate surface area is 92.7 Å². The van der Waals surface area contributed by atoms with Crippen molar-refractivity contribution in [2.24, 2.45) is 5.92 Å². The first-order chi connectivity index (χ1) is 7.66. The average molecular weight is 229 g/mol. The summed E-state index contributed by atoms with van der Waals surface area (Å²) in [4.78, 5) is 0. The Morgan fingerprint density at radius 3 is 2.50 bits per heavy atom. The predicted molar refractivity (Wildman–Crippen MR) is 55.6 cm³/mol. The molecular formula is C12H14F3N. The third-order valence-electron chi connectivity index (χ3n) is 3.04. The van der Waals surface area contributed by atoms with Gasteiger partial charge in [0.25, 0.3) is 0 Å². The maximum absolute atomic E-state index is 13.4. The Morgan fingerprint density at radius 2 is 1.81 bits per heavy atom. The van der Waals surface area contributed by atoms with Crippen LogP contribution in [0.4, 0.5) is 13.2 Å². The summed E-state index contributed by atoms with van der Waals surface area (Å²) >= 11 is 0. The minimum Gasteiger partial charge on any atom is -0.317 e. The summed E-state index contributed by atoms with van der Waals surface area (Å²) in [6.07, 6.45) is 2.28. The van der Waals surface area contributed by atoms with Crippen LogP contribution in [0, 0.1) is 23.4 Å². The van der Waals surface area contributed by atoms with E-state index in [9.17, 15) is 13.2 Å². The van der Waals surface area contributed by atoms with E-state index in [2.05, 4.69) is 5.32 Å². The van der Waals surface area contributed by atoms with E-state index in [-0.39, 0.29) is 5.56 Å².